The van der Waals surface area contributed by atoms with Crippen LogP contribution in [0.5, 0.6) is 0 Å². The van der Waals surface area contributed by atoms with E-state index < -0.39 is 0 Å². The summed E-state index contributed by atoms with van der Waals surface area (Å²) in [5, 5.41) is 0. The Balaban J connectivity index is 2.73. The van der Waals surface area contributed by atoms with Crippen molar-refractivity contribution in [3.8, 4) is 11.8 Å². The summed E-state index contributed by atoms with van der Waals surface area (Å²) in [6.07, 6.45) is -0.125. The second-order valence-corrected chi connectivity index (χ2v) is 6.78. The summed E-state index contributed by atoms with van der Waals surface area (Å²) in [5.41, 5.74) is 0.312. The van der Waals surface area contributed by atoms with Gasteiger partial charge in [-0.05, 0) is 10.8 Å². The van der Waals surface area contributed by atoms with E-state index in [4.69, 9.17) is 9.78 Å². The molecule has 0 radical (unpaired) electrons. The Hall–Kier alpha value is -0.520. The summed E-state index contributed by atoms with van der Waals surface area (Å²) in [4.78, 5) is 9.83. The van der Waals surface area contributed by atoms with E-state index in [9.17, 15) is 0 Å². The highest BCUT2D eigenvalue weighted by atomic mass is 17.4. The molecular formula is C14H24O2. The SMILES string of the molecule is CC(C#CC(C1OO1)C(C)(C)C)C(C)(C)C. The number of hydrogen-bond acceptors (Lipinski definition) is 2. The van der Waals surface area contributed by atoms with E-state index in [-0.39, 0.29) is 23.0 Å². The van der Waals surface area contributed by atoms with Gasteiger partial charge in [0, 0.05) is 5.92 Å². The average Bonchev–Trinajstić information content (AvgIpc) is 2.83. The van der Waals surface area contributed by atoms with Crippen LogP contribution in [0.1, 0.15) is 48.5 Å². The molecule has 2 heteroatoms. The van der Waals surface area contributed by atoms with Crippen LogP contribution in [0, 0.1) is 34.5 Å². The zero-order valence-corrected chi connectivity index (χ0v) is 11.5. The highest BCUT2D eigenvalue weighted by Crippen LogP contribution is 2.36. The van der Waals surface area contributed by atoms with Crippen LogP contribution in [-0.2, 0) is 9.78 Å². The van der Waals surface area contributed by atoms with Crippen molar-refractivity contribution in [2.24, 2.45) is 22.7 Å². The molecule has 16 heavy (non-hydrogen) atoms. The van der Waals surface area contributed by atoms with Gasteiger partial charge in [-0.1, -0.05) is 60.3 Å². The van der Waals surface area contributed by atoms with Crippen LogP contribution in [0.2, 0.25) is 0 Å². The molecule has 0 aliphatic carbocycles. The molecule has 1 aliphatic rings. The van der Waals surface area contributed by atoms with E-state index in [1.807, 2.05) is 0 Å². The van der Waals surface area contributed by atoms with Gasteiger partial charge in [-0.25, -0.2) is 0 Å². The first-order valence-corrected chi connectivity index (χ1v) is 5.95. The van der Waals surface area contributed by atoms with Gasteiger partial charge in [0.25, 0.3) is 0 Å². The third-order valence-corrected chi connectivity index (χ3v) is 3.17. The molecule has 0 aromatic rings. The van der Waals surface area contributed by atoms with Crippen molar-refractivity contribution in [1.82, 2.24) is 0 Å². The predicted octanol–water partition coefficient (Wildman–Crippen LogP) is 3.62. The summed E-state index contributed by atoms with van der Waals surface area (Å²) in [5.74, 6) is 7.19. The molecular weight excluding hydrogens is 200 g/mol. The quantitative estimate of drug-likeness (QED) is 0.386. The van der Waals surface area contributed by atoms with Crippen LogP contribution < -0.4 is 0 Å². The number of rotatable bonds is 1. The summed E-state index contributed by atoms with van der Waals surface area (Å²) in [6.45, 7) is 15.3. The van der Waals surface area contributed by atoms with Gasteiger partial charge in [0.2, 0.25) is 6.29 Å². The van der Waals surface area contributed by atoms with Crippen LogP contribution in [-0.4, -0.2) is 6.29 Å². The van der Waals surface area contributed by atoms with E-state index in [0.29, 0.717) is 5.92 Å². The van der Waals surface area contributed by atoms with Gasteiger partial charge >= 0.3 is 0 Å². The van der Waals surface area contributed by atoms with Crippen LogP contribution in [0.3, 0.4) is 0 Å². The first-order chi connectivity index (χ1) is 7.12. The second-order valence-electron chi connectivity index (χ2n) is 6.78. The molecule has 0 bridgehead atoms. The molecule has 1 saturated heterocycles. The first kappa shape index (κ1) is 13.5. The van der Waals surface area contributed by atoms with Crippen molar-refractivity contribution in [2.45, 2.75) is 54.8 Å². The fourth-order valence-electron chi connectivity index (χ4n) is 1.27. The third kappa shape index (κ3) is 3.81. The van der Waals surface area contributed by atoms with E-state index >= 15 is 0 Å². The molecule has 1 aliphatic heterocycles. The topological polar surface area (TPSA) is 25.1 Å². The maximum absolute atomic E-state index is 4.91. The molecule has 0 aromatic carbocycles. The zero-order chi connectivity index (χ0) is 12.6. The first-order valence-electron chi connectivity index (χ1n) is 5.95. The molecule has 92 valence electrons. The van der Waals surface area contributed by atoms with Crippen molar-refractivity contribution in [3.05, 3.63) is 0 Å². The number of hydrogen-bond donors (Lipinski definition) is 0. The molecule has 0 saturated carbocycles. The third-order valence-electron chi connectivity index (χ3n) is 3.17. The molecule has 0 N–H and O–H groups in total. The van der Waals surface area contributed by atoms with Crippen LogP contribution in [0.4, 0.5) is 0 Å². The summed E-state index contributed by atoms with van der Waals surface area (Å²) in [6, 6.07) is 0. The standard InChI is InChI=1S/C14H24O2/c1-10(13(2,3)4)8-9-11(12-15-16-12)14(5,6)7/h10-12H,1-7H3. The second kappa shape index (κ2) is 4.39. The smallest absolute Gasteiger partial charge is 0.197 e. The zero-order valence-electron chi connectivity index (χ0n) is 11.5. The Morgan fingerprint density at radius 1 is 0.875 bits per heavy atom. The minimum atomic E-state index is -0.125. The van der Waals surface area contributed by atoms with E-state index in [1.54, 1.807) is 0 Å². The van der Waals surface area contributed by atoms with Gasteiger partial charge < -0.3 is 0 Å². The molecule has 2 nitrogen and oxygen atoms in total. The van der Waals surface area contributed by atoms with Gasteiger partial charge in [0.05, 0.1) is 5.92 Å². The lowest BCUT2D eigenvalue weighted by molar-refractivity contribution is 0.0850. The Morgan fingerprint density at radius 2 is 1.38 bits per heavy atom. The molecule has 0 aromatic heterocycles. The Bertz CT molecular complexity index is 291. The van der Waals surface area contributed by atoms with Crippen LogP contribution >= 0.6 is 0 Å². The Morgan fingerprint density at radius 3 is 1.69 bits per heavy atom. The minimum absolute atomic E-state index is 0.0891. The van der Waals surface area contributed by atoms with Crippen molar-refractivity contribution < 1.29 is 9.78 Å². The maximum Gasteiger partial charge on any atom is 0.238 e. The van der Waals surface area contributed by atoms with E-state index in [0.717, 1.165) is 0 Å². The molecule has 0 amide bonds. The normalized spacial score (nSPS) is 20.9. The molecule has 0 spiro atoms. The van der Waals surface area contributed by atoms with Gasteiger partial charge in [0.1, 0.15) is 0 Å². The molecule has 1 heterocycles. The fourth-order valence-corrected chi connectivity index (χ4v) is 1.27. The van der Waals surface area contributed by atoms with E-state index in [2.05, 4.69) is 60.3 Å². The van der Waals surface area contributed by atoms with E-state index in [1.165, 1.54) is 0 Å². The van der Waals surface area contributed by atoms with Crippen molar-refractivity contribution in [3.63, 3.8) is 0 Å². The largest absolute Gasteiger partial charge is 0.238 e. The van der Waals surface area contributed by atoms with Gasteiger partial charge in [-0.15, -0.1) is 0 Å². The molecule has 1 rings (SSSR count). The monoisotopic (exact) mass is 224 g/mol. The predicted molar refractivity (Wildman–Crippen MR) is 65.3 cm³/mol. The van der Waals surface area contributed by atoms with Crippen molar-refractivity contribution >= 4 is 0 Å². The molecule has 2 atom stereocenters. The fraction of sp³-hybridized carbons (Fsp3) is 0.857. The lowest BCUT2D eigenvalue weighted by atomic mass is 9.79. The molecule has 1 fully saturated rings. The Kier molecular flexibility index (Phi) is 3.72. The lowest BCUT2D eigenvalue weighted by Gasteiger charge is -2.25. The van der Waals surface area contributed by atoms with Gasteiger partial charge in [-0.2, -0.15) is 9.78 Å². The summed E-state index contributed by atoms with van der Waals surface area (Å²) in [7, 11) is 0. The van der Waals surface area contributed by atoms with Crippen LogP contribution in [0.25, 0.3) is 0 Å². The van der Waals surface area contributed by atoms with Crippen molar-refractivity contribution in [1.29, 1.82) is 0 Å². The lowest BCUT2D eigenvalue weighted by Crippen LogP contribution is -2.24. The van der Waals surface area contributed by atoms with Crippen LogP contribution in [0.15, 0.2) is 0 Å². The highest BCUT2D eigenvalue weighted by molar-refractivity contribution is 5.12. The summed E-state index contributed by atoms with van der Waals surface area (Å²) >= 11 is 0. The molecule has 2 unspecified atom stereocenters. The maximum atomic E-state index is 4.91. The summed E-state index contributed by atoms with van der Waals surface area (Å²) < 4.78 is 0. The minimum Gasteiger partial charge on any atom is -0.197 e. The average molecular weight is 224 g/mol. The van der Waals surface area contributed by atoms with Gasteiger partial charge in [-0.3, -0.25) is 0 Å². The highest BCUT2D eigenvalue weighted by Gasteiger charge is 2.42. The Labute approximate surface area is 99.6 Å². The van der Waals surface area contributed by atoms with Gasteiger partial charge in [0.15, 0.2) is 0 Å². The van der Waals surface area contributed by atoms with Crippen molar-refractivity contribution in [2.75, 3.05) is 0 Å².